The van der Waals surface area contributed by atoms with Crippen LogP contribution in [0, 0.1) is 0 Å². The van der Waals surface area contributed by atoms with Crippen LogP contribution < -0.4 is 17.0 Å². The number of halogens is 5. The fourth-order valence-electron chi connectivity index (χ4n) is 2.23. The van der Waals surface area contributed by atoms with E-state index in [2.05, 4.69) is 9.51 Å². The molecule has 148 valence electrons. The Balaban J connectivity index is 2.36. The fourth-order valence-corrected chi connectivity index (χ4v) is 2.88. The summed E-state index contributed by atoms with van der Waals surface area (Å²) in [5.74, 6) is 3.99. The van der Waals surface area contributed by atoms with Crippen molar-refractivity contribution in [2.75, 3.05) is 12.0 Å². The second kappa shape index (κ2) is 7.60. The molecular formula is C10H12Cl2F3N4O6P. The summed E-state index contributed by atoms with van der Waals surface area (Å²) < 4.78 is 60.3. The van der Waals surface area contributed by atoms with Crippen LogP contribution in [0.15, 0.2) is 11.0 Å². The molecule has 0 aromatic carbocycles. The number of aromatic nitrogens is 2. The molecule has 10 nitrogen and oxygen atoms in total. The third-order valence-electron chi connectivity index (χ3n) is 3.39. The number of hydrogen-bond acceptors (Lipinski definition) is 9. The molecule has 1 saturated heterocycles. The van der Waals surface area contributed by atoms with E-state index in [1.807, 2.05) is 0 Å². The van der Waals surface area contributed by atoms with Crippen molar-refractivity contribution < 1.29 is 37.2 Å². The standard InChI is InChI=1S/C10H12Cl2F3N4O6P/c11-26(12,23)24-2-4-5(20)6(21)8(25-4)19-1-3(10(13,14)15)7(18-16)17-9(19)22/h1,4-6,8,20-21H,2,16H2,(H,17,18,22)/t4-,5?,6+,8-/m1/s1. The molecule has 16 heteroatoms. The molecule has 1 aliphatic heterocycles. The minimum Gasteiger partial charge on any atom is -0.387 e. The first-order valence-corrected chi connectivity index (χ1v) is 10.1. The molecule has 26 heavy (non-hydrogen) atoms. The molecule has 0 amide bonds. The second-order valence-electron chi connectivity index (χ2n) is 5.09. The van der Waals surface area contributed by atoms with Crippen molar-refractivity contribution in [3.8, 4) is 0 Å². The lowest BCUT2D eigenvalue weighted by atomic mass is 10.1. The number of nitrogens with two attached hydrogens (primary N) is 1. The SMILES string of the molecule is NNc1nc(=O)n([C@@H]2O[C@H](COP(=O)(Cl)Cl)C(O)[C@@H]2O)cc1C(F)(F)F. The Morgan fingerprint density at radius 1 is 1.42 bits per heavy atom. The number of anilines is 1. The summed E-state index contributed by atoms with van der Waals surface area (Å²) >= 11 is 10.3. The number of nitrogens with one attached hydrogen (secondary N) is 1. The summed E-state index contributed by atoms with van der Waals surface area (Å²) in [6, 6.07) is 0. The zero-order valence-electron chi connectivity index (χ0n) is 12.4. The van der Waals surface area contributed by atoms with Crippen LogP contribution >= 0.6 is 28.6 Å². The van der Waals surface area contributed by atoms with Gasteiger partial charge in [0.05, 0.1) is 6.61 Å². The monoisotopic (exact) mass is 442 g/mol. The average molecular weight is 443 g/mol. The predicted octanol–water partition coefficient (Wildman–Crippen LogP) is 0.769. The maximum atomic E-state index is 13.1. The Kier molecular flexibility index (Phi) is 6.25. The van der Waals surface area contributed by atoms with Crippen LogP contribution in [-0.4, -0.2) is 44.7 Å². The quantitative estimate of drug-likeness (QED) is 0.294. The molecule has 1 unspecified atom stereocenters. The van der Waals surface area contributed by atoms with E-state index in [0.29, 0.717) is 10.8 Å². The van der Waals surface area contributed by atoms with Crippen molar-refractivity contribution >= 4 is 34.4 Å². The Morgan fingerprint density at radius 3 is 2.54 bits per heavy atom. The number of alkyl halides is 3. The minimum absolute atomic E-state index is 0.322. The zero-order chi connectivity index (χ0) is 19.9. The van der Waals surface area contributed by atoms with E-state index in [0.717, 1.165) is 0 Å². The molecule has 4 atom stereocenters. The van der Waals surface area contributed by atoms with Crippen LogP contribution in [0.3, 0.4) is 0 Å². The van der Waals surface area contributed by atoms with E-state index < -0.39 is 60.5 Å². The van der Waals surface area contributed by atoms with Gasteiger partial charge in [0.15, 0.2) is 12.0 Å². The van der Waals surface area contributed by atoms with E-state index in [1.165, 1.54) is 0 Å². The number of rotatable bonds is 5. The molecule has 5 N–H and O–H groups in total. The van der Waals surface area contributed by atoms with Gasteiger partial charge in [-0.25, -0.2) is 10.6 Å². The number of aliphatic hydroxyl groups is 2. The normalized spacial score (nSPS) is 26.9. The first-order valence-electron chi connectivity index (χ1n) is 6.67. The van der Waals surface area contributed by atoms with Crippen molar-refractivity contribution in [1.29, 1.82) is 0 Å². The fraction of sp³-hybridized carbons (Fsp3) is 0.600. The molecule has 1 aliphatic rings. The lowest BCUT2D eigenvalue weighted by Gasteiger charge is -2.20. The molecule has 1 aromatic rings. The van der Waals surface area contributed by atoms with Gasteiger partial charge in [0.2, 0.25) is 0 Å². The largest absolute Gasteiger partial charge is 0.421 e. The van der Waals surface area contributed by atoms with Gasteiger partial charge in [0, 0.05) is 6.20 Å². The summed E-state index contributed by atoms with van der Waals surface area (Å²) in [6.45, 7) is -0.657. The molecular weight excluding hydrogens is 431 g/mol. The molecule has 0 spiro atoms. The van der Waals surface area contributed by atoms with Crippen molar-refractivity contribution in [2.45, 2.75) is 30.7 Å². The Hall–Kier alpha value is -0.920. The predicted molar refractivity (Wildman–Crippen MR) is 82.5 cm³/mol. The number of aliphatic hydroxyl groups excluding tert-OH is 2. The van der Waals surface area contributed by atoms with E-state index >= 15 is 0 Å². The topological polar surface area (TPSA) is 149 Å². The smallest absolute Gasteiger partial charge is 0.387 e. The summed E-state index contributed by atoms with van der Waals surface area (Å²) in [7, 11) is 0. The summed E-state index contributed by atoms with van der Waals surface area (Å²) in [5.41, 5.74) is -1.00. The van der Waals surface area contributed by atoms with E-state index in [4.69, 9.17) is 33.1 Å². The highest BCUT2D eigenvalue weighted by Crippen LogP contribution is 2.57. The second-order valence-corrected chi connectivity index (χ2v) is 9.37. The molecule has 1 fully saturated rings. The lowest BCUT2D eigenvalue weighted by molar-refractivity contribution is -0.138. The van der Waals surface area contributed by atoms with E-state index in [-0.39, 0.29) is 0 Å². The Labute approximate surface area is 152 Å². The number of nitrogens with zero attached hydrogens (tertiary/aromatic N) is 2. The maximum Gasteiger partial charge on any atom is 0.421 e. The molecule has 0 saturated carbocycles. The van der Waals surface area contributed by atoms with Gasteiger partial charge < -0.3 is 24.9 Å². The van der Waals surface area contributed by atoms with Crippen LogP contribution in [0.2, 0.25) is 0 Å². The molecule has 0 aliphatic carbocycles. The summed E-state index contributed by atoms with van der Waals surface area (Å²) in [5, 5.41) is 19.9. The summed E-state index contributed by atoms with van der Waals surface area (Å²) in [6.07, 6.45) is -15.2. The molecule has 1 aromatic heterocycles. The highest BCUT2D eigenvalue weighted by atomic mass is 35.9. The lowest BCUT2D eigenvalue weighted by Crippen LogP contribution is -2.37. The number of hydrazine groups is 1. The molecule has 0 bridgehead atoms. The van der Waals surface area contributed by atoms with Crippen molar-refractivity contribution in [2.24, 2.45) is 5.84 Å². The number of ether oxygens (including phenoxy) is 1. The van der Waals surface area contributed by atoms with Gasteiger partial charge in [-0.15, -0.1) is 0 Å². The highest BCUT2D eigenvalue weighted by Gasteiger charge is 2.46. The van der Waals surface area contributed by atoms with Crippen LogP contribution in [0.4, 0.5) is 19.0 Å². The summed E-state index contributed by atoms with van der Waals surface area (Å²) in [4.78, 5) is 15.1. The zero-order valence-corrected chi connectivity index (χ0v) is 14.8. The van der Waals surface area contributed by atoms with Crippen molar-refractivity contribution in [3.05, 3.63) is 22.2 Å². The molecule has 2 heterocycles. The van der Waals surface area contributed by atoms with Gasteiger partial charge >= 0.3 is 17.9 Å². The van der Waals surface area contributed by atoms with Gasteiger partial charge in [0.1, 0.15) is 23.9 Å². The Morgan fingerprint density at radius 2 is 2.04 bits per heavy atom. The van der Waals surface area contributed by atoms with Crippen LogP contribution in [0.5, 0.6) is 0 Å². The number of hydrogen-bond donors (Lipinski definition) is 4. The van der Waals surface area contributed by atoms with Gasteiger partial charge in [-0.05, 0) is 22.5 Å². The third kappa shape index (κ3) is 4.67. The number of nitrogen functional groups attached to an aromatic ring is 1. The van der Waals surface area contributed by atoms with Gasteiger partial charge in [0.25, 0.3) is 0 Å². The molecule has 0 radical (unpaired) electrons. The van der Waals surface area contributed by atoms with Crippen molar-refractivity contribution in [1.82, 2.24) is 9.55 Å². The van der Waals surface area contributed by atoms with Crippen molar-refractivity contribution in [3.63, 3.8) is 0 Å². The van der Waals surface area contributed by atoms with Crippen LogP contribution in [0.25, 0.3) is 0 Å². The third-order valence-corrected chi connectivity index (χ3v) is 4.43. The van der Waals surface area contributed by atoms with Gasteiger partial charge in [-0.3, -0.25) is 9.13 Å². The first kappa shape index (κ1) is 21.4. The van der Waals surface area contributed by atoms with Crippen LogP contribution in [-0.2, 0) is 20.0 Å². The van der Waals surface area contributed by atoms with E-state index in [1.54, 1.807) is 5.43 Å². The average Bonchev–Trinajstić information content (AvgIpc) is 2.79. The Bertz CT molecular complexity index is 774. The van der Waals surface area contributed by atoms with Crippen LogP contribution in [0.1, 0.15) is 11.8 Å². The molecule has 2 rings (SSSR count). The first-order chi connectivity index (χ1) is 11.8. The van der Waals surface area contributed by atoms with Gasteiger partial charge in [-0.1, -0.05) is 0 Å². The highest BCUT2D eigenvalue weighted by molar-refractivity contribution is 8.05. The maximum absolute atomic E-state index is 13.1. The van der Waals surface area contributed by atoms with E-state index in [9.17, 15) is 32.7 Å². The minimum atomic E-state index is -4.93. The van der Waals surface area contributed by atoms with Gasteiger partial charge in [-0.2, -0.15) is 18.2 Å².